The molecule has 0 atom stereocenters. The lowest BCUT2D eigenvalue weighted by Crippen LogP contribution is -1.98. The molecule has 0 amide bonds. The fourth-order valence-electron chi connectivity index (χ4n) is 2.20. The van der Waals surface area contributed by atoms with Crippen LogP contribution in [0.2, 0.25) is 0 Å². The summed E-state index contributed by atoms with van der Waals surface area (Å²) >= 11 is 0. The molecule has 5 nitrogen and oxygen atoms in total. The molecule has 0 unspecified atom stereocenters. The van der Waals surface area contributed by atoms with Crippen molar-refractivity contribution in [2.75, 3.05) is 6.61 Å². The number of aliphatic imine (C=N–C) groups is 1. The normalized spacial score (nSPS) is 11.2. The lowest BCUT2D eigenvalue weighted by molar-refractivity contribution is 0.318. The van der Waals surface area contributed by atoms with Crippen LogP contribution in [0.25, 0.3) is 0 Å². The number of hydrogen-bond acceptors (Lipinski definition) is 4. The number of ether oxygens (including phenoxy) is 1. The van der Waals surface area contributed by atoms with Gasteiger partial charge < -0.3 is 9.84 Å². The van der Waals surface area contributed by atoms with Gasteiger partial charge in [0.25, 0.3) is 0 Å². The first kappa shape index (κ1) is 15.1. The van der Waals surface area contributed by atoms with E-state index in [4.69, 9.17) is 4.74 Å². The Morgan fingerprint density at radius 3 is 2.71 bits per heavy atom. The molecule has 0 saturated heterocycles. The number of benzene rings is 1. The Morgan fingerprint density at radius 2 is 2.10 bits per heavy atom. The van der Waals surface area contributed by atoms with Crippen molar-refractivity contribution in [2.45, 2.75) is 34.2 Å². The summed E-state index contributed by atoms with van der Waals surface area (Å²) in [5.41, 5.74) is 3.73. The Morgan fingerprint density at radius 1 is 1.33 bits per heavy atom. The minimum atomic E-state index is 0.139. The Labute approximate surface area is 124 Å². The molecule has 0 aliphatic heterocycles. The van der Waals surface area contributed by atoms with Crippen LogP contribution in [-0.4, -0.2) is 27.7 Å². The van der Waals surface area contributed by atoms with Gasteiger partial charge >= 0.3 is 0 Å². The smallest absolute Gasteiger partial charge is 0.161 e. The van der Waals surface area contributed by atoms with E-state index in [-0.39, 0.29) is 5.75 Å². The first-order chi connectivity index (χ1) is 10.1. The molecule has 1 N–H and O–H groups in total. The molecule has 0 aliphatic carbocycles. The highest BCUT2D eigenvalue weighted by atomic mass is 16.5. The molecular weight excluding hydrogens is 266 g/mol. The van der Waals surface area contributed by atoms with Gasteiger partial charge in [-0.05, 0) is 51.5 Å². The number of rotatable bonds is 5. The molecule has 0 fully saturated rings. The second kappa shape index (κ2) is 6.43. The fourth-order valence-corrected chi connectivity index (χ4v) is 2.20. The van der Waals surface area contributed by atoms with Gasteiger partial charge in [-0.3, -0.25) is 9.67 Å². The van der Waals surface area contributed by atoms with Gasteiger partial charge in [-0.25, -0.2) is 0 Å². The highest BCUT2D eigenvalue weighted by Gasteiger charge is 2.09. The molecule has 0 bridgehead atoms. The second-order valence-electron chi connectivity index (χ2n) is 4.75. The van der Waals surface area contributed by atoms with Crippen molar-refractivity contribution in [1.82, 2.24) is 9.78 Å². The highest BCUT2D eigenvalue weighted by molar-refractivity contribution is 5.83. The van der Waals surface area contributed by atoms with Crippen molar-refractivity contribution in [3.8, 4) is 11.5 Å². The summed E-state index contributed by atoms with van der Waals surface area (Å²) in [5.74, 6) is 0.610. The second-order valence-corrected chi connectivity index (χ2v) is 4.75. The predicted molar refractivity (Wildman–Crippen MR) is 83.9 cm³/mol. The minimum Gasteiger partial charge on any atom is -0.504 e. The summed E-state index contributed by atoms with van der Waals surface area (Å²) < 4.78 is 7.31. The molecule has 21 heavy (non-hydrogen) atoms. The van der Waals surface area contributed by atoms with Crippen molar-refractivity contribution in [3.63, 3.8) is 0 Å². The van der Waals surface area contributed by atoms with Gasteiger partial charge in [0.2, 0.25) is 0 Å². The van der Waals surface area contributed by atoms with Gasteiger partial charge in [0.1, 0.15) is 5.69 Å². The third-order valence-corrected chi connectivity index (χ3v) is 3.27. The Hall–Kier alpha value is -2.30. The lowest BCUT2D eigenvalue weighted by Gasteiger charge is -2.06. The molecular formula is C16H21N3O2. The quantitative estimate of drug-likeness (QED) is 0.858. The van der Waals surface area contributed by atoms with Crippen LogP contribution in [0, 0.1) is 13.8 Å². The number of aromatic hydroxyl groups is 1. The molecule has 112 valence electrons. The zero-order valence-corrected chi connectivity index (χ0v) is 12.9. The minimum absolute atomic E-state index is 0.139. The standard InChI is InChI=1S/C16H21N3O2/c1-5-19-12(4)16(11(3)18-19)17-10-13-7-8-14(20)15(9-13)21-6-2/h7-10,20H,5-6H2,1-4H3. The van der Waals surface area contributed by atoms with Crippen molar-refractivity contribution in [2.24, 2.45) is 4.99 Å². The number of aromatic nitrogens is 2. The van der Waals surface area contributed by atoms with E-state index in [9.17, 15) is 5.11 Å². The van der Waals surface area contributed by atoms with Crippen LogP contribution in [0.3, 0.4) is 0 Å². The summed E-state index contributed by atoms with van der Waals surface area (Å²) in [6.45, 7) is 9.24. The molecule has 0 saturated carbocycles. The van der Waals surface area contributed by atoms with E-state index in [1.807, 2.05) is 25.5 Å². The SMILES string of the molecule is CCOc1cc(C=Nc2c(C)nn(CC)c2C)ccc1O. The number of aryl methyl sites for hydroxylation is 2. The van der Waals surface area contributed by atoms with Gasteiger partial charge in [0.15, 0.2) is 11.5 Å². The summed E-state index contributed by atoms with van der Waals surface area (Å²) in [6, 6.07) is 5.19. The maximum absolute atomic E-state index is 9.69. The topological polar surface area (TPSA) is 59.6 Å². The van der Waals surface area contributed by atoms with Crippen LogP contribution in [-0.2, 0) is 6.54 Å². The number of phenolic OH excluding ortho intramolecular Hbond substituents is 1. The number of nitrogens with zero attached hydrogens (tertiary/aromatic N) is 3. The molecule has 1 heterocycles. The van der Waals surface area contributed by atoms with Gasteiger partial charge in [-0.1, -0.05) is 0 Å². The van der Waals surface area contributed by atoms with E-state index in [1.165, 1.54) is 0 Å². The maximum Gasteiger partial charge on any atom is 0.161 e. The highest BCUT2D eigenvalue weighted by Crippen LogP contribution is 2.27. The molecule has 2 rings (SSSR count). The first-order valence-corrected chi connectivity index (χ1v) is 7.10. The molecule has 0 aliphatic rings. The Bertz CT molecular complexity index is 660. The van der Waals surface area contributed by atoms with Crippen LogP contribution in [0.5, 0.6) is 11.5 Å². The lowest BCUT2D eigenvalue weighted by atomic mass is 10.2. The summed E-state index contributed by atoms with van der Waals surface area (Å²) in [7, 11) is 0. The van der Waals surface area contributed by atoms with Crippen LogP contribution in [0.4, 0.5) is 5.69 Å². The monoisotopic (exact) mass is 287 g/mol. The summed E-state index contributed by atoms with van der Waals surface area (Å²) in [6.07, 6.45) is 1.76. The van der Waals surface area contributed by atoms with Crippen LogP contribution in [0.1, 0.15) is 30.8 Å². The van der Waals surface area contributed by atoms with Crippen LogP contribution in [0.15, 0.2) is 23.2 Å². The molecule has 1 aromatic carbocycles. The molecule has 1 aromatic heterocycles. The van der Waals surface area contributed by atoms with Gasteiger partial charge in [0.05, 0.1) is 18.0 Å². The van der Waals surface area contributed by atoms with Crippen molar-refractivity contribution in [3.05, 3.63) is 35.2 Å². The fraction of sp³-hybridized carbons (Fsp3) is 0.375. The summed E-state index contributed by atoms with van der Waals surface area (Å²) in [5, 5.41) is 14.1. The average molecular weight is 287 g/mol. The third kappa shape index (κ3) is 3.24. The van der Waals surface area contributed by atoms with Crippen molar-refractivity contribution in [1.29, 1.82) is 0 Å². The molecule has 5 heteroatoms. The first-order valence-electron chi connectivity index (χ1n) is 7.10. The Kier molecular flexibility index (Phi) is 4.62. The van der Waals surface area contributed by atoms with Crippen LogP contribution < -0.4 is 4.74 Å². The molecule has 0 spiro atoms. The molecule has 2 aromatic rings. The zero-order chi connectivity index (χ0) is 15.4. The van der Waals surface area contributed by atoms with E-state index in [0.717, 1.165) is 29.2 Å². The largest absolute Gasteiger partial charge is 0.504 e. The van der Waals surface area contributed by atoms with E-state index in [1.54, 1.807) is 24.4 Å². The van der Waals surface area contributed by atoms with Crippen molar-refractivity contribution < 1.29 is 9.84 Å². The average Bonchev–Trinajstić information content (AvgIpc) is 2.74. The predicted octanol–water partition coefficient (Wildman–Crippen LogP) is 3.37. The van der Waals surface area contributed by atoms with Crippen LogP contribution >= 0.6 is 0 Å². The van der Waals surface area contributed by atoms with Crippen molar-refractivity contribution >= 4 is 11.9 Å². The van der Waals surface area contributed by atoms with E-state index >= 15 is 0 Å². The van der Waals surface area contributed by atoms with Gasteiger partial charge in [0, 0.05) is 12.8 Å². The van der Waals surface area contributed by atoms with Gasteiger partial charge in [-0.15, -0.1) is 0 Å². The Balaban J connectivity index is 2.29. The van der Waals surface area contributed by atoms with E-state index in [2.05, 4.69) is 17.0 Å². The third-order valence-electron chi connectivity index (χ3n) is 3.27. The van der Waals surface area contributed by atoms with E-state index < -0.39 is 0 Å². The van der Waals surface area contributed by atoms with Gasteiger partial charge in [-0.2, -0.15) is 5.10 Å². The maximum atomic E-state index is 9.69. The summed E-state index contributed by atoms with van der Waals surface area (Å²) in [4.78, 5) is 4.53. The number of phenols is 1. The zero-order valence-electron chi connectivity index (χ0n) is 12.9. The van der Waals surface area contributed by atoms with E-state index in [0.29, 0.717) is 12.4 Å². The molecule has 0 radical (unpaired) electrons. The number of hydrogen-bond donors (Lipinski definition) is 1.